The van der Waals surface area contributed by atoms with Crippen molar-refractivity contribution in [1.82, 2.24) is 14.8 Å². The average molecular weight is 309 g/mol. The molecule has 2 aromatic rings. The number of amides is 1. The molecule has 8 nitrogen and oxygen atoms in total. The summed E-state index contributed by atoms with van der Waals surface area (Å²) in [4.78, 5) is 27.2. The number of nitro groups is 1. The van der Waals surface area contributed by atoms with Crippen LogP contribution in [0.25, 0.3) is 0 Å². The van der Waals surface area contributed by atoms with Gasteiger partial charge in [0, 0.05) is 11.3 Å². The van der Waals surface area contributed by atoms with E-state index in [1.807, 2.05) is 13.8 Å². The highest BCUT2D eigenvalue weighted by atomic mass is 32.1. The van der Waals surface area contributed by atoms with Crippen LogP contribution in [0.3, 0.4) is 0 Å². The molecule has 0 aromatic carbocycles. The minimum absolute atomic E-state index is 0.178. The summed E-state index contributed by atoms with van der Waals surface area (Å²) in [5.41, 5.74) is 1.55. The molecule has 2 aromatic heterocycles. The normalized spacial score (nSPS) is 10.6. The van der Waals surface area contributed by atoms with E-state index in [2.05, 4.69) is 15.4 Å². The number of anilines is 1. The molecule has 0 aliphatic rings. The Morgan fingerprint density at radius 3 is 2.71 bits per heavy atom. The molecule has 112 valence electrons. The van der Waals surface area contributed by atoms with Crippen LogP contribution in [0.15, 0.2) is 6.07 Å². The van der Waals surface area contributed by atoms with Crippen molar-refractivity contribution in [3.8, 4) is 0 Å². The lowest BCUT2D eigenvalue weighted by Gasteiger charge is -2.01. The van der Waals surface area contributed by atoms with Crippen molar-refractivity contribution in [2.24, 2.45) is 0 Å². The molecule has 0 radical (unpaired) electrons. The van der Waals surface area contributed by atoms with Crippen LogP contribution < -0.4 is 5.32 Å². The Hall–Kier alpha value is -2.29. The first-order valence-corrected chi connectivity index (χ1v) is 7.11. The van der Waals surface area contributed by atoms with Crippen molar-refractivity contribution in [3.05, 3.63) is 32.4 Å². The van der Waals surface area contributed by atoms with E-state index in [1.54, 1.807) is 6.92 Å². The zero-order valence-electron chi connectivity index (χ0n) is 11.9. The summed E-state index contributed by atoms with van der Waals surface area (Å²) < 4.78 is 1.45. The van der Waals surface area contributed by atoms with Gasteiger partial charge >= 0.3 is 5.82 Å². The molecule has 0 fully saturated rings. The minimum atomic E-state index is -0.551. The Balaban J connectivity index is 1.93. The number of carbonyl (C=O) groups is 1. The first-order valence-electron chi connectivity index (χ1n) is 6.29. The van der Waals surface area contributed by atoms with Crippen LogP contribution in [0.5, 0.6) is 0 Å². The van der Waals surface area contributed by atoms with Crippen LogP contribution in [-0.2, 0) is 11.3 Å². The highest BCUT2D eigenvalue weighted by Gasteiger charge is 2.16. The first kappa shape index (κ1) is 15.1. The largest absolute Gasteiger partial charge is 0.390 e. The van der Waals surface area contributed by atoms with Gasteiger partial charge in [-0.2, -0.15) is 4.68 Å². The average Bonchev–Trinajstić information content (AvgIpc) is 2.91. The molecule has 2 heterocycles. The van der Waals surface area contributed by atoms with Gasteiger partial charge in [-0.15, -0.1) is 11.3 Å². The van der Waals surface area contributed by atoms with E-state index < -0.39 is 4.92 Å². The van der Waals surface area contributed by atoms with Gasteiger partial charge in [0.25, 0.3) is 0 Å². The van der Waals surface area contributed by atoms with E-state index in [0.29, 0.717) is 10.8 Å². The molecule has 0 aliphatic heterocycles. The number of carbonyl (C=O) groups excluding carboxylic acids is 1. The van der Waals surface area contributed by atoms with Gasteiger partial charge in [-0.1, -0.05) is 0 Å². The van der Waals surface area contributed by atoms with Gasteiger partial charge in [0.1, 0.15) is 0 Å². The van der Waals surface area contributed by atoms with Crippen molar-refractivity contribution in [2.45, 2.75) is 33.7 Å². The number of nitrogens with one attached hydrogen (secondary N) is 1. The fourth-order valence-electron chi connectivity index (χ4n) is 1.72. The van der Waals surface area contributed by atoms with Crippen molar-refractivity contribution in [3.63, 3.8) is 0 Å². The van der Waals surface area contributed by atoms with Crippen LogP contribution in [-0.4, -0.2) is 25.6 Å². The maximum absolute atomic E-state index is 11.8. The number of rotatable bonds is 5. The lowest BCUT2D eigenvalue weighted by atomic mass is 10.4. The molecule has 0 saturated carbocycles. The number of aryl methyl sites for hydroxylation is 4. The molecule has 0 spiro atoms. The third-order valence-corrected chi connectivity index (χ3v) is 3.97. The standard InChI is InChI=1S/C12H15N5O3S/c1-7-6-10(17(19)20)15-16(7)5-4-11(18)14-12-13-8(2)9(3)21-12/h6H,4-5H2,1-3H3,(H,13,14,18). The molecule has 2 rings (SSSR count). The van der Waals surface area contributed by atoms with Gasteiger partial charge in [0.2, 0.25) is 5.91 Å². The summed E-state index contributed by atoms with van der Waals surface area (Å²) in [5.74, 6) is -0.402. The maximum atomic E-state index is 11.8. The van der Waals surface area contributed by atoms with Crippen molar-refractivity contribution in [1.29, 1.82) is 0 Å². The second-order valence-electron chi connectivity index (χ2n) is 4.58. The predicted octanol–water partition coefficient (Wildman–Crippen LogP) is 2.20. The highest BCUT2D eigenvalue weighted by molar-refractivity contribution is 7.15. The zero-order valence-corrected chi connectivity index (χ0v) is 12.7. The van der Waals surface area contributed by atoms with Gasteiger partial charge in [-0.3, -0.25) is 4.79 Å². The number of thiazole rings is 1. The van der Waals surface area contributed by atoms with Crippen molar-refractivity contribution < 1.29 is 9.72 Å². The van der Waals surface area contributed by atoms with Crippen LogP contribution >= 0.6 is 11.3 Å². The first-order chi connectivity index (χ1) is 9.86. The van der Waals surface area contributed by atoms with Crippen molar-refractivity contribution in [2.75, 3.05) is 5.32 Å². The van der Waals surface area contributed by atoms with E-state index in [1.165, 1.54) is 22.1 Å². The summed E-state index contributed by atoms with van der Waals surface area (Å²) in [6.07, 6.45) is 0.178. The number of hydrogen-bond donors (Lipinski definition) is 1. The molecular formula is C12H15N5O3S. The maximum Gasteiger partial charge on any atom is 0.390 e. The lowest BCUT2D eigenvalue weighted by molar-refractivity contribution is -0.389. The Morgan fingerprint density at radius 1 is 1.48 bits per heavy atom. The van der Waals surface area contributed by atoms with Gasteiger partial charge in [-0.05, 0) is 25.7 Å². The van der Waals surface area contributed by atoms with E-state index in [-0.39, 0.29) is 24.7 Å². The third kappa shape index (κ3) is 3.63. The minimum Gasteiger partial charge on any atom is -0.358 e. The molecule has 21 heavy (non-hydrogen) atoms. The Labute approximate surface area is 125 Å². The zero-order chi connectivity index (χ0) is 15.6. The molecule has 0 aliphatic carbocycles. The van der Waals surface area contributed by atoms with Gasteiger partial charge in [0.05, 0.1) is 29.1 Å². The highest BCUT2D eigenvalue weighted by Crippen LogP contribution is 2.21. The predicted molar refractivity (Wildman–Crippen MR) is 78.5 cm³/mol. The molecule has 0 unspecified atom stereocenters. The van der Waals surface area contributed by atoms with Crippen LogP contribution in [0.4, 0.5) is 10.9 Å². The topological polar surface area (TPSA) is 103 Å². The number of hydrogen-bond acceptors (Lipinski definition) is 6. The fraction of sp³-hybridized carbons (Fsp3) is 0.417. The van der Waals surface area contributed by atoms with E-state index in [4.69, 9.17) is 0 Å². The van der Waals surface area contributed by atoms with Crippen LogP contribution in [0.2, 0.25) is 0 Å². The smallest absolute Gasteiger partial charge is 0.358 e. The Morgan fingerprint density at radius 2 is 2.19 bits per heavy atom. The fourth-order valence-corrected chi connectivity index (χ4v) is 2.55. The van der Waals surface area contributed by atoms with E-state index >= 15 is 0 Å². The number of aromatic nitrogens is 3. The second kappa shape index (κ2) is 6.00. The molecule has 1 amide bonds. The summed E-state index contributed by atoms with van der Waals surface area (Å²) in [5, 5.41) is 17.7. The molecule has 0 saturated heterocycles. The summed E-state index contributed by atoms with van der Waals surface area (Å²) in [6, 6.07) is 1.38. The Bertz CT molecular complexity index is 672. The van der Waals surface area contributed by atoms with Gasteiger partial charge in [0.15, 0.2) is 5.13 Å². The quantitative estimate of drug-likeness (QED) is 0.673. The number of nitrogens with zero attached hydrogens (tertiary/aromatic N) is 4. The van der Waals surface area contributed by atoms with Crippen LogP contribution in [0.1, 0.15) is 22.7 Å². The third-order valence-electron chi connectivity index (χ3n) is 2.98. The van der Waals surface area contributed by atoms with Crippen LogP contribution in [0, 0.1) is 30.9 Å². The van der Waals surface area contributed by atoms with E-state index in [9.17, 15) is 14.9 Å². The SMILES string of the molecule is Cc1nc(NC(=O)CCn2nc([N+](=O)[O-])cc2C)sc1C. The molecular weight excluding hydrogens is 294 g/mol. The second-order valence-corrected chi connectivity index (χ2v) is 5.79. The summed E-state index contributed by atoms with van der Waals surface area (Å²) in [6.45, 7) is 5.82. The summed E-state index contributed by atoms with van der Waals surface area (Å²) in [7, 11) is 0. The van der Waals surface area contributed by atoms with Crippen molar-refractivity contribution >= 4 is 28.2 Å². The summed E-state index contributed by atoms with van der Waals surface area (Å²) >= 11 is 1.42. The lowest BCUT2D eigenvalue weighted by Crippen LogP contribution is -2.15. The molecule has 1 N–H and O–H groups in total. The molecule has 9 heteroatoms. The Kier molecular flexibility index (Phi) is 4.32. The molecule has 0 bridgehead atoms. The van der Waals surface area contributed by atoms with E-state index in [0.717, 1.165) is 10.6 Å². The molecule has 0 atom stereocenters. The van der Waals surface area contributed by atoms with Gasteiger partial charge < -0.3 is 15.4 Å². The monoisotopic (exact) mass is 309 g/mol. The van der Waals surface area contributed by atoms with Gasteiger partial charge in [-0.25, -0.2) is 4.98 Å².